The summed E-state index contributed by atoms with van der Waals surface area (Å²) in [6, 6.07) is 7.31. The number of pyridine rings is 2. The van der Waals surface area contributed by atoms with Gasteiger partial charge in [-0.1, -0.05) is 0 Å². The molecule has 1 aliphatic rings. The van der Waals surface area contributed by atoms with Gasteiger partial charge in [-0.05, 0) is 31.0 Å². The molecular formula is C22H23N7O2. The van der Waals surface area contributed by atoms with Crippen LogP contribution in [0.2, 0.25) is 0 Å². The second kappa shape index (κ2) is 8.83. The molecule has 9 nitrogen and oxygen atoms in total. The zero-order valence-electron chi connectivity index (χ0n) is 17.2. The van der Waals surface area contributed by atoms with Gasteiger partial charge >= 0.3 is 0 Å². The molecule has 0 saturated carbocycles. The Kier molecular flexibility index (Phi) is 5.80. The Morgan fingerprint density at radius 2 is 2.23 bits per heavy atom. The van der Waals surface area contributed by atoms with Crippen molar-refractivity contribution < 1.29 is 9.59 Å². The van der Waals surface area contributed by atoms with E-state index in [0.717, 1.165) is 35.1 Å². The Hall–Kier alpha value is -3.93. The van der Waals surface area contributed by atoms with Gasteiger partial charge in [-0.3, -0.25) is 14.6 Å². The van der Waals surface area contributed by atoms with Gasteiger partial charge in [0.25, 0.3) is 5.91 Å². The molecule has 9 heteroatoms. The SMILES string of the molecule is CNC(=O)c1ccnc(-c2cnc3[nH]ccc3c2N[C@@H]2CCCN(C(=O)CC#N)C2)c1. The van der Waals surface area contributed by atoms with Crippen LogP contribution in [0.25, 0.3) is 22.3 Å². The van der Waals surface area contributed by atoms with Crippen molar-refractivity contribution in [2.24, 2.45) is 0 Å². The number of rotatable bonds is 5. The van der Waals surface area contributed by atoms with Crippen molar-refractivity contribution in [3.05, 3.63) is 42.4 Å². The lowest BCUT2D eigenvalue weighted by Crippen LogP contribution is -2.45. The van der Waals surface area contributed by atoms with Crippen molar-refractivity contribution in [1.82, 2.24) is 25.2 Å². The van der Waals surface area contributed by atoms with Crippen LogP contribution in [-0.4, -0.2) is 57.8 Å². The minimum atomic E-state index is -0.187. The maximum absolute atomic E-state index is 12.2. The van der Waals surface area contributed by atoms with E-state index in [1.807, 2.05) is 18.3 Å². The Labute approximate surface area is 179 Å². The fraction of sp³-hybridized carbons (Fsp3) is 0.318. The summed E-state index contributed by atoms with van der Waals surface area (Å²) in [6.07, 6.45) is 6.81. The predicted octanol–water partition coefficient (Wildman–Crippen LogP) is 2.30. The average molecular weight is 417 g/mol. The normalized spacial score (nSPS) is 16.0. The van der Waals surface area contributed by atoms with E-state index in [2.05, 4.69) is 25.6 Å². The number of nitrogens with zero attached hydrogens (tertiary/aromatic N) is 4. The first kappa shape index (κ1) is 20.3. The molecule has 0 unspecified atom stereocenters. The number of aromatic amines is 1. The van der Waals surface area contributed by atoms with Gasteiger partial charge in [-0.2, -0.15) is 5.26 Å². The summed E-state index contributed by atoms with van der Waals surface area (Å²) in [5, 5.41) is 16.0. The molecule has 0 spiro atoms. The highest BCUT2D eigenvalue weighted by molar-refractivity contribution is 5.99. The van der Waals surface area contributed by atoms with Gasteiger partial charge < -0.3 is 20.5 Å². The molecule has 1 aliphatic heterocycles. The summed E-state index contributed by atoms with van der Waals surface area (Å²) in [4.78, 5) is 38.1. The highest BCUT2D eigenvalue weighted by atomic mass is 16.2. The fourth-order valence-electron chi connectivity index (χ4n) is 3.93. The fourth-order valence-corrected chi connectivity index (χ4v) is 3.93. The van der Waals surface area contributed by atoms with Crippen LogP contribution in [0.3, 0.4) is 0 Å². The summed E-state index contributed by atoms with van der Waals surface area (Å²) >= 11 is 0. The second-order valence-electron chi connectivity index (χ2n) is 7.45. The molecule has 0 radical (unpaired) electrons. The zero-order chi connectivity index (χ0) is 21.8. The zero-order valence-corrected chi connectivity index (χ0v) is 17.2. The van der Waals surface area contributed by atoms with E-state index in [-0.39, 0.29) is 24.3 Å². The number of hydrogen-bond acceptors (Lipinski definition) is 6. The van der Waals surface area contributed by atoms with Gasteiger partial charge in [0.2, 0.25) is 5.91 Å². The van der Waals surface area contributed by atoms with Crippen LogP contribution < -0.4 is 10.6 Å². The van der Waals surface area contributed by atoms with Crippen molar-refractivity contribution in [3.8, 4) is 17.3 Å². The number of carbonyl (C=O) groups is 2. The molecule has 0 aliphatic carbocycles. The van der Waals surface area contributed by atoms with Gasteiger partial charge in [-0.25, -0.2) is 4.98 Å². The largest absolute Gasteiger partial charge is 0.379 e. The Morgan fingerprint density at radius 1 is 1.35 bits per heavy atom. The number of nitriles is 1. The van der Waals surface area contributed by atoms with E-state index in [0.29, 0.717) is 24.3 Å². The minimum absolute atomic E-state index is 0.0257. The van der Waals surface area contributed by atoms with E-state index >= 15 is 0 Å². The molecule has 1 saturated heterocycles. The lowest BCUT2D eigenvalue weighted by atomic mass is 10.0. The summed E-state index contributed by atoms with van der Waals surface area (Å²) in [5.74, 6) is -0.330. The second-order valence-corrected chi connectivity index (χ2v) is 7.45. The van der Waals surface area contributed by atoms with E-state index in [4.69, 9.17) is 5.26 Å². The summed E-state index contributed by atoms with van der Waals surface area (Å²) < 4.78 is 0. The quantitative estimate of drug-likeness (QED) is 0.585. The molecule has 2 amide bonds. The van der Waals surface area contributed by atoms with Gasteiger partial charge in [-0.15, -0.1) is 0 Å². The first-order chi connectivity index (χ1) is 15.1. The van der Waals surface area contributed by atoms with Crippen molar-refractivity contribution >= 4 is 28.5 Å². The average Bonchev–Trinajstić information content (AvgIpc) is 3.28. The number of piperidine rings is 1. The van der Waals surface area contributed by atoms with Crippen molar-refractivity contribution in [2.75, 3.05) is 25.5 Å². The van der Waals surface area contributed by atoms with Gasteiger partial charge in [0.05, 0.1) is 17.5 Å². The molecule has 4 rings (SSSR count). The minimum Gasteiger partial charge on any atom is -0.379 e. The van der Waals surface area contributed by atoms with Crippen LogP contribution in [0.15, 0.2) is 36.8 Å². The number of anilines is 1. The van der Waals surface area contributed by atoms with Crippen LogP contribution >= 0.6 is 0 Å². The van der Waals surface area contributed by atoms with Crippen LogP contribution in [0, 0.1) is 11.3 Å². The Balaban J connectivity index is 1.69. The molecule has 0 aromatic carbocycles. The maximum Gasteiger partial charge on any atom is 0.251 e. The summed E-state index contributed by atoms with van der Waals surface area (Å²) in [6.45, 7) is 1.19. The lowest BCUT2D eigenvalue weighted by molar-refractivity contribution is -0.131. The van der Waals surface area contributed by atoms with Crippen LogP contribution in [0.1, 0.15) is 29.6 Å². The Bertz CT molecular complexity index is 1160. The van der Waals surface area contributed by atoms with Crippen molar-refractivity contribution in [1.29, 1.82) is 5.26 Å². The number of likely N-dealkylation sites (tertiary alicyclic amines) is 1. The van der Waals surface area contributed by atoms with Crippen LogP contribution in [-0.2, 0) is 4.79 Å². The number of amides is 2. The monoisotopic (exact) mass is 417 g/mol. The molecule has 3 aromatic heterocycles. The number of carbonyl (C=O) groups excluding carboxylic acids is 2. The molecule has 158 valence electrons. The number of aromatic nitrogens is 3. The van der Waals surface area contributed by atoms with Crippen LogP contribution in [0.5, 0.6) is 0 Å². The van der Waals surface area contributed by atoms with E-state index in [1.54, 1.807) is 36.5 Å². The molecule has 1 fully saturated rings. The lowest BCUT2D eigenvalue weighted by Gasteiger charge is -2.34. The maximum atomic E-state index is 12.2. The Morgan fingerprint density at radius 3 is 3.03 bits per heavy atom. The van der Waals surface area contributed by atoms with Gasteiger partial charge in [0.1, 0.15) is 12.1 Å². The molecular weight excluding hydrogens is 394 g/mol. The molecule has 4 heterocycles. The number of fused-ring (bicyclic) bond motifs is 1. The molecule has 3 N–H and O–H groups in total. The van der Waals surface area contributed by atoms with Gasteiger partial charge in [0.15, 0.2) is 0 Å². The van der Waals surface area contributed by atoms with Crippen molar-refractivity contribution in [2.45, 2.75) is 25.3 Å². The highest BCUT2D eigenvalue weighted by Gasteiger charge is 2.25. The van der Waals surface area contributed by atoms with Gasteiger partial charge in [0, 0.05) is 61.3 Å². The molecule has 3 aromatic rings. The van der Waals surface area contributed by atoms with Crippen molar-refractivity contribution in [3.63, 3.8) is 0 Å². The number of hydrogen-bond donors (Lipinski definition) is 3. The molecule has 1 atom stereocenters. The smallest absolute Gasteiger partial charge is 0.251 e. The van der Waals surface area contributed by atoms with E-state index in [9.17, 15) is 9.59 Å². The van der Waals surface area contributed by atoms with Crippen LogP contribution in [0.4, 0.5) is 5.69 Å². The third-order valence-electron chi connectivity index (χ3n) is 5.46. The van der Waals surface area contributed by atoms with E-state index < -0.39 is 0 Å². The third kappa shape index (κ3) is 4.19. The summed E-state index contributed by atoms with van der Waals surface area (Å²) in [5.41, 5.74) is 3.51. The number of nitrogens with one attached hydrogen (secondary N) is 3. The topological polar surface area (TPSA) is 127 Å². The number of H-pyrrole nitrogens is 1. The van der Waals surface area contributed by atoms with E-state index in [1.165, 1.54) is 0 Å². The first-order valence-corrected chi connectivity index (χ1v) is 10.2. The standard InChI is InChI=1S/C22H23N7O2/c1-24-22(31)14-5-8-25-18(11-14)17-12-27-21-16(6-9-26-21)20(17)28-15-3-2-10-29(13-15)19(30)4-7-23/h5-6,8-9,11-12,15H,2-4,10,13H2,1H3,(H,24,31)(H2,26,27,28)/t15-/m1/s1. The molecule has 31 heavy (non-hydrogen) atoms. The first-order valence-electron chi connectivity index (χ1n) is 10.2. The summed E-state index contributed by atoms with van der Waals surface area (Å²) in [7, 11) is 1.59. The predicted molar refractivity (Wildman–Crippen MR) is 116 cm³/mol. The molecule has 0 bridgehead atoms. The highest BCUT2D eigenvalue weighted by Crippen LogP contribution is 2.34. The third-order valence-corrected chi connectivity index (χ3v) is 5.46.